The molecule has 0 spiro atoms. The van der Waals surface area contributed by atoms with Crippen LogP contribution in [0, 0.1) is 11.6 Å². The maximum absolute atomic E-state index is 13.5. The van der Waals surface area contributed by atoms with E-state index in [4.69, 9.17) is 0 Å². The van der Waals surface area contributed by atoms with Crippen molar-refractivity contribution in [2.75, 3.05) is 0 Å². The second-order valence-electron chi connectivity index (χ2n) is 3.63. The van der Waals surface area contributed by atoms with Crippen LogP contribution >= 0.6 is 0 Å². The smallest absolute Gasteiger partial charge is 0.240 e. The van der Waals surface area contributed by atoms with E-state index in [1.165, 1.54) is 4.68 Å². The Morgan fingerprint density at radius 3 is 2.76 bits per heavy atom. The van der Waals surface area contributed by atoms with Gasteiger partial charge < -0.3 is 5.11 Å². The van der Waals surface area contributed by atoms with Crippen LogP contribution in [0.15, 0.2) is 12.1 Å². The van der Waals surface area contributed by atoms with Gasteiger partial charge in [0, 0.05) is 18.5 Å². The van der Waals surface area contributed by atoms with Crippen molar-refractivity contribution < 1.29 is 13.9 Å². The molecule has 0 bridgehead atoms. The Hall–Kier alpha value is -2.31. The topological polar surface area (TPSA) is 63.8 Å². The minimum Gasteiger partial charge on any atom is -0.492 e. The Morgan fingerprint density at radius 1 is 1.24 bits per heavy atom. The fourth-order valence-electron chi connectivity index (χ4n) is 1.81. The summed E-state index contributed by atoms with van der Waals surface area (Å²) < 4.78 is 27.9. The summed E-state index contributed by atoms with van der Waals surface area (Å²) in [7, 11) is 1.55. The van der Waals surface area contributed by atoms with Crippen molar-refractivity contribution in [2.24, 2.45) is 7.05 Å². The van der Waals surface area contributed by atoms with Gasteiger partial charge in [-0.15, -0.1) is 15.3 Å². The van der Waals surface area contributed by atoms with Crippen molar-refractivity contribution in [3.05, 3.63) is 23.8 Å². The van der Waals surface area contributed by atoms with E-state index in [-0.39, 0.29) is 27.8 Å². The SMILES string of the molecule is Cn1nc(O)c2c3cc(F)cc(F)c3nnc21. The van der Waals surface area contributed by atoms with E-state index in [9.17, 15) is 13.9 Å². The second-order valence-corrected chi connectivity index (χ2v) is 3.63. The predicted octanol–water partition coefficient (Wildman–Crippen LogP) is 1.50. The third-order valence-electron chi connectivity index (χ3n) is 2.54. The maximum atomic E-state index is 13.5. The molecule has 1 N–H and O–H groups in total. The van der Waals surface area contributed by atoms with Gasteiger partial charge in [0.15, 0.2) is 11.5 Å². The lowest BCUT2D eigenvalue weighted by Crippen LogP contribution is -1.95. The molecule has 5 nitrogen and oxygen atoms in total. The van der Waals surface area contributed by atoms with E-state index in [2.05, 4.69) is 15.3 Å². The Kier molecular flexibility index (Phi) is 1.80. The molecule has 2 aromatic heterocycles. The molecule has 0 fully saturated rings. The molecule has 0 unspecified atom stereocenters. The predicted molar refractivity (Wildman–Crippen MR) is 55.4 cm³/mol. The largest absolute Gasteiger partial charge is 0.492 e. The van der Waals surface area contributed by atoms with E-state index in [1.54, 1.807) is 7.05 Å². The molecule has 0 saturated carbocycles. The summed E-state index contributed by atoms with van der Waals surface area (Å²) >= 11 is 0. The molecule has 0 amide bonds. The van der Waals surface area contributed by atoms with E-state index in [0.717, 1.165) is 12.1 Å². The fraction of sp³-hybridized carbons (Fsp3) is 0.100. The zero-order valence-electron chi connectivity index (χ0n) is 8.65. The maximum Gasteiger partial charge on any atom is 0.240 e. The van der Waals surface area contributed by atoms with Crippen LogP contribution in [0.2, 0.25) is 0 Å². The highest BCUT2D eigenvalue weighted by molar-refractivity contribution is 6.05. The van der Waals surface area contributed by atoms with Crippen LogP contribution in [-0.2, 0) is 7.05 Å². The summed E-state index contributed by atoms with van der Waals surface area (Å²) in [5, 5.41) is 21.1. The first-order chi connectivity index (χ1) is 8.08. The molecule has 17 heavy (non-hydrogen) atoms. The second kappa shape index (κ2) is 3.09. The van der Waals surface area contributed by atoms with Crippen molar-refractivity contribution in [3.63, 3.8) is 0 Å². The van der Waals surface area contributed by atoms with Crippen LogP contribution in [0.4, 0.5) is 8.78 Å². The number of fused-ring (bicyclic) bond motifs is 3. The number of aromatic nitrogens is 4. The number of halogens is 2. The van der Waals surface area contributed by atoms with E-state index in [0.29, 0.717) is 0 Å². The highest BCUT2D eigenvalue weighted by Crippen LogP contribution is 2.30. The molecule has 1 aromatic carbocycles. The molecule has 0 aliphatic carbocycles. The van der Waals surface area contributed by atoms with Gasteiger partial charge >= 0.3 is 0 Å². The Bertz CT molecular complexity index is 753. The van der Waals surface area contributed by atoms with Crippen molar-refractivity contribution in [1.29, 1.82) is 0 Å². The molecule has 0 radical (unpaired) electrons. The van der Waals surface area contributed by atoms with Crippen LogP contribution in [0.1, 0.15) is 0 Å². The van der Waals surface area contributed by atoms with Crippen LogP contribution in [0.3, 0.4) is 0 Å². The lowest BCUT2D eigenvalue weighted by molar-refractivity contribution is 0.449. The molecule has 3 rings (SSSR count). The average Bonchev–Trinajstić information content (AvgIpc) is 2.54. The van der Waals surface area contributed by atoms with Crippen molar-refractivity contribution >= 4 is 21.9 Å². The number of benzene rings is 1. The molecule has 0 aliphatic rings. The lowest BCUT2D eigenvalue weighted by atomic mass is 10.1. The van der Waals surface area contributed by atoms with Crippen LogP contribution in [0.5, 0.6) is 5.88 Å². The summed E-state index contributed by atoms with van der Waals surface area (Å²) in [6.07, 6.45) is 0. The van der Waals surface area contributed by atoms with Crippen LogP contribution < -0.4 is 0 Å². The van der Waals surface area contributed by atoms with E-state index in [1.807, 2.05) is 0 Å². The molecule has 3 aromatic rings. The van der Waals surface area contributed by atoms with Gasteiger partial charge in [0.1, 0.15) is 11.3 Å². The summed E-state index contributed by atoms with van der Waals surface area (Å²) in [5.74, 6) is -1.89. The fourth-order valence-corrected chi connectivity index (χ4v) is 1.81. The van der Waals surface area contributed by atoms with Gasteiger partial charge in [-0.25, -0.2) is 13.5 Å². The summed E-state index contributed by atoms with van der Waals surface area (Å²) in [6.45, 7) is 0. The zero-order chi connectivity index (χ0) is 12.2. The first kappa shape index (κ1) is 9.88. The van der Waals surface area contributed by atoms with Gasteiger partial charge in [0.25, 0.3) is 0 Å². The quantitative estimate of drug-likeness (QED) is 0.642. The number of hydrogen-bond donors (Lipinski definition) is 1. The van der Waals surface area contributed by atoms with E-state index < -0.39 is 11.6 Å². The number of rotatable bonds is 0. The minimum absolute atomic E-state index is 0.0952. The Balaban J connectivity index is 2.63. The van der Waals surface area contributed by atoms with E-state index >= 15 is 0 Å². The minimum atomic E-state index is -0.822. The Morgan fingerprint density at radius 2 is 2.00 bits per heavy atom. The van der Waals surface area contributed by atoms with Crippen molar-refractivity contribution in [1.82, 2.24) is 20.0 Å². The van der Waals surface area contributed by atoms with Gasteiger partial charge in [-0.05, 0) is 6.07 Å². The summed E-state index contributed by atoms with van der Waals surface area (Å²) in [5.41, 5.74) is 0.169. The molecular weight excluding hydrogens is 230 g/mol. The first-order valence-electron chi connectivity index (χ1n) is 4.75. The number of aromatic hydroxyl groups is 1. The molecule has 2 heterocycles. The highest BCUT2D eigenvalue weighted by Gasteiger charge is 2.16. The average molecular weight is 236 g/mol. The molecule has 0 saturated heterocycles. The summed E-state index contributed by atoms with van der Waals surface area (Å²) in [6, 6.07) is 1.81. The molecule has 86 valence electrons. The highest BCUT2D eigenvalue weighted by atomic mass is 19.1. The van der Waals surface area contributed by atoms with Gasteiger partial charge in [-0.2, -0.15) is 0 Å². The molecule has 0 atom stereocenters. The number of nitrogens with zero attached hydrogens (tertiary/aromatic N) is 4. The van der Waals surface area contributed by atoms with Gasteiger partial charge in [-0.3, -0.25) is 0 Å². The lowest BCUT2D eigenvalue weighted by Gasteiger charge is -2.00. The van der Waals surface area contributed by atoms with Crippen molar-refractivity contribution in [3.8, 4) is 5.88 Å². The number of hydrogen-bond acceptors (Lipinski definition) is 4. The first-order valence-corrected chi connectivity index (χ1v) is 4.75. The summed E-state index contributed by atoms with van der Waals surface area (Å²) in [4.78, 5) is 0. The Labute approximate surface area is 93.3 Å². The van der Waals surface area contributed by atoms with Gasteiger partial charge in [0.2, 0.25) is 5.88 Å². The van der Waals surface area contributed by atoms with Crippen LogP contribution in [0.25, 0.3) is 21.9 Å². The third-order valence-corrected chi connectivity index (χ3v) is 2.54. The third kappa shape index (κ3) is 1.25. The standard InChI is InChI=1S/C10H6F2N4O/c1-16-9-7(10(17)15-16)5-2-4(11)3-6(12)8(5)13-14-9/h2-3H,1H3,(H,15,17). The van der Waals surface area contributed by atoms with Gasteiger partial charge in [-0.1, -0.05) is 0 Å². The normalized spacial score (nSPS) is 11.5. The van der Waals surface area contributed by atoms with Crippen molar-refractivity contribution in [2.45, 2.75) is 0 Å². The van der Waals surface area contributed by atoms with Crippen LogP contribution in [-0.4, -0.2) is 25.1 Å². The molecule has 7 heteroatoms. The molecular formula is C10H6F2N4O. The molecule has 0 aliphatic heterocycles. The monoisotopic (exact) mass is 236 g/mol. The zero-order valence-corrected chi connectivity index (χ0v) is 8.65. The number of aryl methyl sites for hydroxylation is 1. The van der Waals surface area contributed by atoms with Gasteiger partial charge in [0.05, 0.1) is 5.39 Å².